The van der Waals surface area contributed by atoms with E-state index in [-0.39, 0.29) is 0 Å². The first-order chi connectivity index (χ1) is 9.25. The van der Waals surface area contributed by atoms with Crippen LogP contribution in [0.4, 0.5) is 0 Å². The lowest BCUT2D eigenvalue weighted by Crippen LogP contribution is -2.20. The smallest absolute Gasteiger partial charge is 0.153 e. The quantitative estimate of drug-likeness (QED) is 0.776. The molecule has 0 saturated heterocycles. The number of hydrogen-bond acceptors (Lipinski definition) is 3. The van der Waals surface area contributed by atoms with Gasteiger partial charge in [0.25, 0.3) is 0 Å². The minimum Gasteiger partial charge on any atom is -0.316 e. The van der Waals surface area contributed by atoms with Crippen LogP contribution < -0.4 is 5.32 Å². The average Bonchev–Trinajstić information content (AvgIpc) is 2.88. The highest BCUT2D eigenvalue weighted by Crippen LogP contribution is 2.06. The molecule has 0 radical (unpaired) electrons. The van der Waals surface area contributed by atoms with Gasteiger partial charge in [0, 0.05) is 12.4 Å². The molecule has 0 aliphatic carbocycles. The molecule has 0 bridgehead atoms. The summed E-state index contributed by atoms with van der Waals surface area (Å²) in [5, 5.41) is 7.80. The summed E-state index contributed by atoms with van der Waals surface area (Å²) in [7, 11) is 0. The highest BCUT2D eigenvalue weighted by molar-refractivity contribution is 5.22. The Kier molecular flexibility index (Phi) is 5.10. The molecule has 0 aliphatic heterocycles. The van der Waals surface area contributed by atoms with Crippen LogP contribution in [0.3, 0.4) is 0 Å². The van der Waals surface area contributed by atoms with Crippen LogP contribution in [0.1, 0.15) is 25.8 Å². The van der Waals surface area contributed by atoms with Crippen LogP contribution in [0, 0.1) is 5.92 Å². The van der Waals surface area contributed by atoms with Gasteiger partial charge in [0.2, 0.25) is 0 Å². The molecular formula is C15H22N4. The summed E-state index contributed by atoms with van der Waals surface area (Å²) in [6.07, 6.45) is 7.97. The molecule has 0 unspecified atom stereocenters. The highest BCUT2D eigenvalue weighted by Gasteiger charge is 2.01. The van der Waals surface area contributed by atoms with Gasteiger partial charge in [-0.2, -0.15) is 5.10 Å². The summed E-state index contributed by atoms with van der Waals surface area (Å²) >= 11 is 0. The Labute approximate surface area is 114 Å². The van der Waals surface area contributed by atoms with Crippen molar-refractivity contribution in [3.63, 3.8) is 0 Å². The predicted octanol–water partition coefficient (Wildman–Crippen LogP) is 2.45. The second-order valence-electron chi connectivity index (χ2n) is 5.18. The van der Waals surface area contributed by atoms with Crippen molar-refractivity contribution in [3.05, 3.63) is 42.4 Å². The average molecular weight is 258 g/mol. The molecule has 0 aromatic carbocycles. The van der Waals surface area contributed by atoms with Crippen LogP contribution in [0.2, 0.25) is 0 Å². The van der Waals surface area contributed by atoms with Gasteiger partial charge in [-0.25, -0.2) is 9.67 Å². The van der Waals surface area contributed by atoms with Crippen molar-refractivity contribution in [1.82, 2.24) is 20.1 Å². The topological polar surface area (TPSA) is 42.7 Å². The van der Waals surface area contributed by atoms with E-state index in [4.69, 9.17) is 0 Å². The van der Waals surface area contributed by atoms with Gasteiger partial charge in [0.1, 0.15) is 0 Å². The lowest BCUT2D eigenvalue weighted by atomic mass is 10.2. The van der Waals surface area contributed by atoms with Crippen LogP contribution in [0.25, 0.3) is 5.82 Å². The summed E-state index contributed by atoms with van der Waals surface area (Å²) in [5.74, 6) is 1.58. The van der Waals surface area contributed by atoms with Crippen molar-refractivity contribution in [2.75, 3.05) is 13.1 Å². The summed E-state index contributed by atoms with van der Waals surface area (Å²) in [6, 6.07) is 5.84. The van der Waals surface area contributed by atoms with Crippen LogP contribution in [-0.4, -0.2) is 27.9 Å². The Morgan fingerprint density at radius 2 is 2.21 bits per heavy atom. The molecule has 2 aromatic heterocycles. The molecule has 0 aliphatic rings. The van der Waals surface area contributed by atoms with Gasteiger partial charge >= 0.3 is 0 Å². The van der Waals surface area contributed by atoms with Gasteiger partial charge in [0.05, 0.1) is 6.20 Å². The van der Waals surface area contributed by atoms with Gasteiger partial charge in [-0.1, -0.05) is 19.9 Å². The highest BCUT2D eigenvalue weighted by atomic mass is 15.3. The third kappa shape index (κ3) is 4.48. The SMILES string of the molecule is CC(C)CNCCCc1cnn(-c2ccccn2)c1. The lowest BCUT2D eigenvalue weighted by molar-refractivity contribution is 0.543. The summed E-state index contributed by atoms with van der Waals surface area (Å²) < 4.78 is 1.83. The minimum atomic E-state index is 0.715. The van der Waals surface area contributed by atoms with Crippen molar-refractivity contribution in [3.8, 4) is 5.82 Å². The molecule has 2 aromatic rings. The number of nitrogens with zero attached hydrogens (tertiary/aromatic N) is 3. The van der Waals surface area contributed by atoms with E-state index >= 15 is 0 Å². The molecule has 2 heterocycles. The maximum Gasteiger partial charge on any atom is 0.153 e. The van der Waals surface area contributed by atoms with Crippen LogP contribution in [-0.2, 0) is 6.42 Å². The van der Waals surface area contributed by atoms with Gasteiger partial charge in [-0.3, -0.25) is 0 Å². The number of rotatable bonds is 7. The molecule has 4 heteroatoms. The first-order valence-corrected chi connectivity index (χ1v) is 6.91. The zero-order valence-corrected chi connectivity index (χ0v) is 11.7. The zero-order valence-electron chi connectivity index (χ0n) is 11.7. The van der Waals surface area contributed by atoms with E-state index in [2.05, 4.69) is 35.4 Å². The Bertz CT molecular complexity index is 476. The zero-order chi connectivity index (χ0) is 13.5. The second kappa shape index (κ2) is 7.04. The van der Waals surface area contributed by atoms with Gasteiger partial charge < -0.3 is 5.32 Å². The first kappa shape index (κ1) is 13.7. The molecule has 2 rings (SSSR count). The number of nitrogens with one attached hydrogen (secondary N) is 1. The maximum absolute atomic E-state index is 4.35. The third-order valence-electron chi connectivity index (χ3n) is 2.89. The van der Waals surface area contributed by atoms with Crippen LogP contribution in [0.5, 0.6) is 0 Å². The fourth-order valence-corrected chi connectivity index (χ4v) is 1.91. The molecule has 0 saturated carbocycles. The second-order valence-corrected chi connectivity index (χ2v) is 5.18. The Morgan fingerprint density at radius 3 is 2.95 bits per heavy atom. The van der Waals surface area contributed by atoms with E-state index in [0.717, 1.165) is 31.7 Å². The van der Waals surface area contributed by atoms with E-state index in [9.17, 15) is 0 Å². The molecule has 1 N–H and O–H groups in total. The molecule has 0 fully saturated rings. The molecule has 19 heavy (non-hydrogen) atoms. The van der Waals surface area contributed by atoms with E-state index in [1.54, 1.807) is 6.20 Å². The molecular weight excluding hydrogens is 236 g/mol. The van der Waals surface area contributed by atoms with Crippen LogP contribution in [0.15, 0.2) is 36.8 Å². The molecule has 102 valence electrons. The molecule has 0 amide bonds. The van der Waals surface area contributed by atoms with Crippen molar-refractivity contribution in [2.24, 2.45) is 5.92 Å². The normalized spacial score (nSPS) is 11.1. The van der Waals surface area contributed by atoms with E-state index in [0.29, 0.717) is 5.92 Å². The lowest BCUT2D eigenvalue weighted by Gasteiger charge is -2.06. The largest absolute Gasteiger partial charge is 0.316 e. The molecule has 0 atom stereocenters. The third-order valence-corrected chi connectivity index (χ3v) is 2.89. The first-order valence-electron chi connectivity index (χ1n) is 6.91. The van der Waals surface area contributed by atoms with Gasteiger partial charge in [-0.15, -0.1) is 0 Å². The monoisotopic (exact) mass is 258 g/mol. The summed E-state index contributed by atoms with van der Waals surface area (Å²) in [5.41, 5.74) is 1.26. The standard InChI is InChI=1S/C15H22N4/c1-13(2)10-16-8-5-6-14-11-18-19(12-14)15-7-3-4-9-17-15/h3-4,7,9,11-13,16H,5-6,8,10H2,1-2H3. The van der Waals surface area contributed by atoms with E-state index in [1.807, 2.05) is 29.1 Å². The number of aromatic nitrogens is 3. The number of pyridine rings is 1. The Morgan fingerprint density at radius 1 is 1.32 bits per heavy atom. The Balaban J connectivity index is 1.78. The molecule has 0 spiro atoms. The van der Waals surface area contributed by atoms with Gasteiger partial charge in [-0.05, 0) is 49.5 Å². The van der Waals surface area contributed by atoms with E-state index < -0.39 is 0 Å². The number of hydrogen-bond donors (Lipinski definition) is 1. The number of aryl methyl sites for hydroxylation is 1. The van der Waals surface area contributed by atoms with Crippen molar-refractivity contribution >= 4 is 0 Å². The maximum atomic E-state index is 4.35. The van der Waals surface area contributed by atoms with Gasteiger partial charge in [0.15, 0.2) is 5.82 Å². The Hall–Kier alpha value is -1.68. The van der Waals surface area contributed by atoms with E-state index in [1.165, 1.54) is 5.56 Å². The minimum absolute atomic E-state index is 0.715. The predicted molar refractivity (Wildman–Crippen MR) is 77.4 cm³/mol. The fourth-order valence-electron chi connectivity index (χ4n) is 1.91. The molecule has 4 nitrogen and oxygen atoms in total. The van der Waals surface area contributed by atoms with Crippen molar-refractivity contribution in [1.29, 1.82) is 0 Å². The summed E-state index contributed by atoms with van der Waals surface area (Å²) in [4.78, 5) is 4.28. The van der Waals surface area contributed by atoms with Crippen molar-refractivity contribution in [2.45, 2.75) is 26.7 Å². The fraction of sp³-hybridized carbons (Fsp3) is 0.467. The van der Waals surface area contributed by atoms with Crippen LogP contribution >= 0.6 is 0 Å². The summed E-state index contributed by atoms with van der Waals surface area (Å²) in [6.45, 7) is 6.61. The van der Waals surface area contributed by atoms with Crippen molar-refractivity contribution < 1.29 is 0 Å².